The molecule has 80 valence electrons. The number of rotatable bonds is 2. The van der Waals surface area contributed by atoms with Crippen LogP contribution >= 0.6 is 0 Å². The van der Waals surface area contributed by atoms with Crippen molar-refractivity contribution in [3.8, 4) is 0 Å². The highest BCUT2D eigenvalue weighted by atomic mass is 16.2. The summed E-state index contributed by atoms with van der Waals surface area (Å²) < 4.78 is 0. The van der Waals surface area contributed by atoms with E-state index in [1.54, 1.807) is 0 Å². The Bertz CT molecular complexity index is 210. The Labute approximate surface area is 87.0 Å². The van der Waals surface area contributed by atoms with E-state index >= 15 is 0 Å². The smallest absolute Gasteiger partial charge is 0.245 e. The maximum absolute atomic E-state index is 11.4. The summed E-state index contributed by atoms with van der Waals surface area (Å²) in [6, 6.07) is 0. The van der Waals surface area contributed by atoms with E-state index in [-0.39, 0.29) is 5.91 Å². The molecule has 2 nitrogen and oxygen atoms in total. The molecular weight excluding hydrogens is 174 g/mol. The third kappa shape index (κ3) is 2.86. The van der Waals surface area contributed by atoms with Crippen molar-refractivity contribution in [2.75, 3.05) is 13.1 Å². The highest BCUT2D eigenvalue weighted by molar-refractivity contribution is 5.86. The summed E-state index contributed by atoms with van der Waals surface area (Å²) in [5.74, 6) is 1.63. The molecule has 0 aromatic rings. The maximum Gasteiger partial charge on any atom is 0.245 e. The first-order chi connectivity index (χ1) is 6.65. The van der Waals surface area contributed by atoms with Gasteiger partial charge in [0, 0.05) is 13.1 Å². The Morgan fingerprint density at radius 3 is 2.71 bits per heavy atom. The van der Waals surface area contributed by atoms with E-state index in [0.717, 1.165) is 37.8 Å². The van der Waals surface area contributed by atoms with E-state index < -0.39 is 0 Å². The van der Waals surface area contributed by atoms with Crippen LogP contribution in [0.5, 0.6) is 0 Å². The third-order valence-electron chi connectivity index (χ3n) is 3.20. The Kier molecular flexibility index (Phi) is 4.18. The summed E-state index contributed by atoms with van der Waals surface area (Å²) >= 11 is 0. The van der Waals surface area contributed by atoms with Crippen LogP contribution < -0.4 is 0 Å². The van der Waals surface area contributed by atoms with Crippen LogP contribution in [0, 0.1) is 11.8 Å². The van der Waals surface area contributed by atoms with E-state index in [1.807, 2.05) is 4.90 Å². The second-order valence-electron chi connectivity index (χ2n) is 4.46. The van der Waals surface area contributed by atoms with Crippen molar-refractivity contribution < 1.29 is 4.79 Å². The minimum atomic E-state index is 0.0920. The molecule has 1 aliphatic heterocycles. The molecule has 0 radical (unpaired) electrons. The molecule has 0 aliphatic carbocycles. The fraction of sp³-hybridized carbons (Fsp3) is 0.750. The number of carbonyl (C=O) groups excluding carboxylic acids is 1. The first kappa shape index (κ1) is 11.3. The highest BCUT2D eigenvalue weighted by Crippen LogP contribution is 2.24. The van der Waals surface area contributed by atoms with Gasteiger partial charge >= 0.3 is 0 Å². The molecule has 0 bridgehead atoms. The molecule has 0 aromatic carbocycles. The van der Waals surface area contributed by atoms with Gasteiger partial charge in [-0.2, -0.15) is 0 Å². The zero-order valence-electron chi connectivity index (χ0n) is 9.33. The molecule has 1 aliphatic rings. The van der Waals surface area contributed by atoms with Crippen molar-refractivity contribution in [1.29, 1.82) is 0 Å². The van der Waals surface area contributed by atoms with Gasteiger partial charge in [0.05, 0.1) is 0 Å². The van der Waals surface area contributed by atoms with E-state index in [9.17, 15) is 4.79 Å². The van der Waals surface area contributed by atoms with Gasteiger partial charge in [-0.05, 0) is 37.2 Å². The van der Waals surface area contributed by atoms with Crippen LogP contribution in [-0.2, 0) is 4.79 Å². The van der Waals surface area contributed by atoms with E-state index in [1.165, 1.54) is 12.5 Å². The Hall–Kier alpha value is -0.790. The molecule has 0 aromatic heterocycles. The fourth-order valence-electron chi connectivity index (χ4n) is 2.14. The quantitative estimate of drug-likeness (QED) is 0.620. The van der Waals surface area contributed by atoms with Gasteiger partial charge in [0.25, 0.3) is 0 Å². The van der Waals surface area contributed by atoms with Gasteiger partial charge in [-0.15, -0.1) is 0 Å². The summed E-state index contributed by atoms with van der Waals surface area (Å²) in [5, 5.41) is 0. The molecular formula is C12H21NO. The van der Waals surface area contributed by atoms with Crippen LogP contribution in [0.15, 0.2) is 12.7 Å². The van der Waals surface area contributed by atoms with Crippen molar-refractivity contribution in [2.45, 2.75) is 33.1 Å². The van der Waals surface area contributed by atoms with Gasteiger partial charge in [-0.25, -0.2) is 0 Å². The molecule has 1 amide bonds. The summed E-state index contributed by atoms with van der Waals surface area (Å²) in [6.45, 7) is 9.90. The molecule has 1 unspecified atom stereocenters. The summed E-state index contributed by atoms with van der Waals surface area (Å²) in [5.41, 5.74) is 0. The molecule has 14 heavy (non-hydrogen) atoms. The SMILES string of the molecule is C=CC(=O)N1CCCC(C(C)C)CC1. The summed E-state index contributed by atoms with van der Waals surface area (Å²) in [6.07, 6.45) is 4.98. The average Bonchev–Trinajstić information content (AvgIpc) is 2.41. The Balaban J connectivity index is 2.48. The summed E-state index contributed by atoms with van der Waals surface area (Å²) in [4.78, 5) is 13.3. The highest BCUT2D eigenvalue weighted by Gasteiger charge is 2.20. The van der Waals surface area contributed by atoms with Crippen LogP contribution in [-0.4, -0.2) is 23.9 Å². The number of likely N-dealkylation sites (tertiary alicyclic amines) is 1. The van der Waals surface area contributed by atoms with Gasteiger partial charge in [-0.3, -0.25) is 4.79 Å². The molecule has 0 saturated carbocycles. The van der Waals surface area contributed by atoms with Crippen molar-refractivity contribution in [3.63, 3.8) is 0 Å². The Morgan fingerprint density at radius 1 is 1.43 bits per heavy atom. The molecule has 1 fully saturated rings. The largest absolute Gasteiger partial charge is 0.339 e. The summed E-state index contributed by atoms with van der Waals surface area (Å²) in [7, 11) is 0. The van der Waals surface area contributed by atoms with Crippen molar-refractivity contribution in [3.05, 3.63) is 12.7 Å². The lowest BCUT2D eigenvalue weighted by molar-refractivity contribution is -0.126. The first-order valence-electron chi connectivity index (χ1n) is 5.56. The minimum absolute atomic E-state index is 0.0920. The standard InChI is InChI=1S/C12H21NO/c1-4-12(14)13-8-5-6-11(7-9-13)10(2)3/h4,10-11H,1,5-9H2,2-3H3. The zero-order chi connectivity index (χ0) is 10.6. The van der Waals surface area contributed by atoms with Crippen molar-refractivity contribution >= 4 is 5.91 Å². The van der Waals surface area contributed by atoms with Gasteiger partial charge < -0.3 is 4.90 Å². The number of nitrogens with zero attached hydrogens (tertiary/aromatic N) is 1. The van der Waals surface area contributed by atoms with Crippen LogP contribution in [0.3, 0.4) is 0 Å². The van der Waals surface area contributed by atoms with Crippen LogP contribution in [0.4, 0.5) is 0 Å². The van der Waals surface area contributed by atoms with Crippen LogP contribution in [0.1, 0.15) is 33.1 Å². The normalized spacial score (nSPS) is 23.4. The number of hydrogen-bond donors (Lipinski definition) is 0. The topological polar surface area (TPSA) is 20.3 Å². The van der Waals surface area contributed by atoms with Crippen LogP contribution in [0.2, 0.25) is 0 Å². The lowest BCUT2D eigenvalue weighted by Gasteiger charge is -2.20. The zero-order valence-corrected chi connectivity index (χ0v) is 9.33. The monoisotopic (exact) mass is 195 g/mol. The first-order valence-corrected chi connectivity index (χ1v) is 5.56. The number of carbonyl (C=O) groups is 1. The average molecular weight is 195 g/mol. The molecule has 0 spiro atoms. The predicted molar refractivity (Wildman–Crippen MR) is 59.0 cm³/mol. The second kappa shape index (κ2) is 5.18. The van der Waals surface area contributed by atoms with E-state index in [4.69, 9.17) is 0 Å². The number of hydrogen-bond acceptors (Lipinski definition) is 1. The Morgan fingerprint density at radius 2 is 2.14 bits per heavy atom. The van der Waals surface area contributed by atoms with E-state index in [0.29, 0.717) is 0 Å². The van der Waals surface area contributed by atoms with Crippen molar-refractivity contribution in [1.82, 2.24) is 4.90 Å². The van der Waals surface area contributed by atoms with Gasteiger partial charge in [-0.1, -0.05) is 20.4 Å². The molecule has 2 heteroatoms. The van der Waals surface area contributed by atoms with Crippen LogP contribution in [0.25, 0.3) is 0 Å². The minimum Gasteiger partial charge on any atom is -0.339 e. The van der Waals surface area contributed by atoms with Gasteiger partial charge in [0.1, 0.15) is 0 Å². The second-order valence-corrected chi connectivity index (χ2v) is 4.46. The van der Waals surface area contributed by atoms with E-state index in [2.05, 4.69) is 20.4 Å². The molecule has 1 atom stereocenters. The van der Waals surface area contributed by atoms with Gasteiger partial charge in [0.2, 0.25) is 5.91 Å². The molecule has 1 heterocycles. The van der Waals surface area contributed by atoms with Gasteiger partial charge in [0.15, 0.2) is 0 Å². The fourth-order valence-corrected chi connectivity index (χ4v) is 2.14. The lowest BCUT2D eigenvalue weighted by atomic mass is 9.89. The molecule has 1 saturated heterocycles. The number of amides is 1. The molecule has 0 N–H and O–H groups in total. The van der Waals surface area contributed by atoms with Crippen molar-refractivity contribution in [2.24, 2.45) is 11.8 Å². The predicted octanol–water partition coefficient (Wildman–Crippen LogP) is 2.46. The molecule has 1 rings (SSSR count). The third-order valence-corrected chi connectivity index (χ3v) is 3.20. The lowest BCUT2D eigenvalue weighted by Crippen LogP contribution is -2.30. The maximum atomic E-state index is 11.4.